The zero-order valence-electron chi connectivity index (χ0n) is 11.2. The Labute approximate surface area is 127 Å². The fourth-order valence-electron chi connectivity index (χ4n) is 1.94. The highest BCUT2D eigenvalue weighted by Gasteiger charge is 2.08. The van der Waals surface area contributed by atoms with Crippen molar-refractivity contribution >= 4 is 23.1 Å². The van der Waals surface area contributed by atoms with Gasteiger partial charge in [0.1, 0.15) is 5.76 Å². The number of furan rings is 1. The van der Waals surface area contributed by atoms with Crippen molar-refractivity contribution in [3.8, 4) is 11.3 Å². The van der Waals surface area contributed by atoms with Crippen LogP contribution in [0.15, 0.2) is 76.1 Å². The van der Waals surface area contributed by atoms with Crippen molar-refractivity contribution in [1.29, 1.82) is 0 Å². The van der Waals surface area contributed by atoms with E-state index < -0.39 is 0 Å². The van der Waals surface area contributed by atoms with E-state index >= 15 is 0 Å². The van der Waals surface area contributed by atoms with Gasteiger partial charge < -0.3 is 10.2 Å². The summed E-state index contributed by atoms with van der Waals surface area (Å²) >= 11 is 5.88. The van der Waals surface area contributed by atoms with Crippen LogP contribution in [0.1, 0.15) is 5.76 Å². The highest BCUT2D eigenvalue weighted by molar-refractivity contribution is 6.30. The second kappa shape index (κ2) is 5.85. The molecule has 0 atom stereocenters. The molecule has 0 amide bonds. The molecule has 0 aliphatic carbocycles. The molecule has 0 saturated heterocycles. The lowest BCUT2D eigenvalue weighted by Crippen LogP contribution is -2.11. The van der Waals surface area contributed by atoms with Crippen LogP contribution in [0.25, 0.3) is 11.3 Å². The van der Waals surface area contributed by atoms with Crippen LogP contribution in [0.2, 0.25) is 5.02 Å². The molecular formula is C17H13ClN2O. The number of halogens is 1. The zero-order chi connectivity index (χ0) is 14.7. The number of para-hydroxylation sites is 1. The van der Waals surface area contributed by atoms with Gasteiger partial charge in [-0.2, -0.15) is 0 Å². The molecule has 2 N–H and O–H groups in total. The molecule has 1 heterocycles. The second-order valence-corrected chi connectivity index (χ2v) is 4.94. The molecular weight excluding hydrogens is 284 g/mol. The van der Waals surface area contributed by atoms with Crippen molar-refractivity contribution < 1.29 is 4.42 Å². The van der Waals surface area contributed by atoms with Gasteiger partial charge in [0.2, 0.25) is 0 Å². The zero-order valence-corrected chi connectivity index (χ0v) is 11.9. The van der Waals surface area contributed by atoms with Gasteiger partial charge in [-0.25, -0.2) is 4.99 Å². The molecule has 0 spiro atoms. The lowest BCUT2D eigenvalue weighted by molar-refractivity contribution is 0.571. The first-order valence-electron chi connectivity index (χ1n) is 6.48. The van der Waals surface area contributed by atoms with Crippen LogP contribution >= 0.6 is 11.6 Å². The van der Waals surface area contributed by atoms with Crippen molar-refractivity contribution in [2.24, 2.45) is 10.7 Å². The maximum Gasteiger partial charge on any atom is 0.169 e. The van der Waals surface area contributed by atoms with Crippen molar-refractivity contribution in [2.75, 3.05) is 0 Å². The molecule has 0 saturated carbocycles. The molecule has 1 aromatic heterocycles. The Morgan fingerprint density at radius 1 is 0.905 bits per heavy atom. The van der Waals surface area contributed by atoms with Crippen molar-refractivity contribution in [3.63, 3.8) is 0 Å². The summed E-state index contributed by atoms with van der Waals surface area (Å²) in [6.07, 6.45) is 0. The quantitative estimate of drug-likeness (QED) is 0.565. The molecule has 4 heteroatoms. The molecule has 104 valence electrons. The monoisotopic (exact) mass is 296 g/mol. The predicted octanol–water partition coefficient (Wildman–Crippen LogP) is 4.64. The minimum Gasteiger partial charge on any atom is -0.453 e. The summed E-state index contributed by atoms with van der Waals surface area (Å²) in [5, 5.41) is 0.690. The van der Waals surface area contributed by atoms with Crippen LogP contribution in [0.5, 0.6) is 0 Å². The topological polar surface area (TPSA) is 51.5 Å². The third-order valence-corrected chi connectivity index (χ3v) is 3.24. The van der Waals surface area contributed by atoms with E-state index in [1.807, 2.05) is 66.7 Å². The van der Waals surface area contributed by atoms with Crippen LogP contribution in [-0.4, -0.2) is 5.84 Å². The molecule has 0 fully saturated rings. The van der Waals surface area contributed by atoms with Crippen LogP contribution in [0, 0.1) is 0 Å². The number of nitrogens with zero attached hydrogens (tertiary/aromatic N) is 1. The Morgan fingerprint density at radius 2 is 1.62 bits per heavy atom. The van der Waals surface area contributed by atoms with Crippen molar-refractivity contribution in [1.82, 2.24) is 0 Å². The van der Waals surface area contributed by atoms with Gasteiger partial charge in [0.05, 0.1) is 5.69 Å². The molecule has 0 bridgehead atoms. The molecule has 2 aromatic carbocycles. The van der Waals surface area contributed by atoms with Crippen molar-refractivity contribution in [2.45, 2.75) is 0 Å². The lowest BCUT2D eigenvalue weighted by Gasteiger charge is -1.99. The van der Waals surface area contributed by atoms with E-state index in [1.54, 1.807) is 0 Å². The number of aliphatic imine (C=N–C) groups is 1. The Kier molecular flexibility index (Phi) is 3.75. The maximum absolute atomic E-state index is 5.98. The second-order valence-electron chi connectivity index (χ2n) is 4.50. The van der Waals surface area contributed by atoms with Gasteiger partial charge in [0.15, 0.2) is 11.6 Å². The number of amidine groups is 1. The molecule has 0 unspecified atom stereocenters. The van der Waals surface area contributed by atoms with E-state index in [1.165, 1.54) is 0 Å². The Morgan fingerprint density at radius 3 is 2.33 bits per heavy atom. The summed E-state index contributed by atoms with van der Waals surface area (Å²) in [5.41, 5.74) is 7.71. The number of nitrogens with two attached hydrogens (primary N) is 1. The molecule has 0 aliphatic rings. The van der Waals surface area contributed by atoms with Gasteiger partial charge in [-0.3, -0.25) is 0 Å². The number of rotatable bonds is 3. The smallest absolute Gasteiger partial charge is 0.169 e. The van der Waals surface area contributed by atoms with Gasteiger partial charge in [-0.1, -0.05) is 29.8 Å². The van der Waals surface area contributed by atoms with Crippen LogP contribution in [0.4, 0.5) is 5.69 Å². The van der Waals surface area contributed by atoms with Crippen LogP contribution in [0.3, 0.4) is 0 Å². The number of hydrogen-bond acceptors (Lipinski definition) is 2. The number of hydrogen-bond donors (Lipinski definition) is 1. The average molecular weight is 297 g/mol. The Balaban J connectivity index is 1.88. The average Bonchev–Trinajstić information content (AvgIpc) is 2.99. The highest BCUT2D eigenvalue weighted by Crippen LogP contribution is 2.24. The first kappa shape index (κ1) is 13.5. The van der Waals surface area contributed by atoms with Gasteiger partial charge in [-0.15, -0.1) is 0 Å². The molecule has 0 aliphatic heterocycles. The van der Waals surface area contributed by atoms with E-state index in [-0.39, 0.29) is 0 Å². The summed E-state index contributed by atoms with van der Waals surface area (Å²) in [6, 6.07) is 20.6. The molecule has 3 nitrogen and oxygen atoms in total. The predicted molar refractivity (Wildman–Crippen MR) is 86.0 cm³/mol. The first-order valence-corrected chi connectivity index (χ1v) is 6.85. The lowest BCUT2D eigenvalue weighted by atomic mass is 10.2. The highest BCUT2D eigenvalue weighted by atomic mass is 35.5. The van der Waals surface area contributed by atoms with Crippen molar-refractivity contribution in [3.05, 3.63) is 77.5 Å². The van der Waals surface area contributed by atoms with E-state index in [0.717, 1.165) is 17.0 Å². The Hall–Kier alpha value is -2.52. The van der Waals surface area contributed by atoms with E-state index in [0.29, 0.717) is 16.6 Å². The molecule has 3 aromatic rings. The van der Waals surface area contributed by atoms with Crippen LogP contribution in [-0.2, 0) is 0 Å². The summed E-state index contributed by atoms with van der Waals surface area (Å²) in [6.45, 7) is 0. The van der Waals surface area contributed by atoms with Gasteiger partial charge >= 0.3 is 0 Å². The summed E-state index contributed by atoms with van der Waals surface area (Å²) in [7, 11) is 0. The fourth-order valence-corrected chi connectivity index (χ4v) is 2.07. The number of benzene rings is 2. The van der Waals surface area contributed by atoms with Gasteiger partial charge in [-0.05, 0) is 48.5 Å². The van der Waals surface area contributed by atoms with E-state index in [9.17, 15) is 0 Å². The van der Waals surface area contributed by atoms with Crippen LogP contribution < -0.4 is 5.73 Å². The third-order valence-electron chi connectivity index (χ3n) is 2.99. The summed E-state index contributed by atoms with van der Waals surface area (Å²) in [5.74, 6) is 1.62. The first-order chi connectivity index (χ1) is 10.2. The molecule has 3 rings (SSSR count). The normalized spacial score (nSPS) is 11.6. The minimum absolute atomic E-state index is 0.349. The maximum atomic E-state index is 5.98. The van der Waals surface area contributed by atoms with Gasteiger partial charge in [0.25, 0.3) is 0 Å². The Bertz CT molecular complexity index is 761. The summed E-state index contributed by atoms with van der Waals surface area (Å²) in [4.78, 5) is 4.33. The third kappa shape index (κ3) is 3.15. The standard InChI is InChI=1S/C17H13ClN2O/c18-13-8-6-12(7-9-13)15-10-11-16(21-15)17(19)20-14-4-2-1-3-5-14/h1-11H,(H2,19,20). The molecule has 0 radical (unpaired) electrons. The SMILES string of the molecule is NC(=Nc1ccccc1)c1ccc(-c2ccc(Cl)cc2)o1. The fraction of sp³-hybridized carbons (Fsp3) is 0. The van der Waals surface area contributed by atoms with E-state index in [2.05, 4.69) is 4.99 Å². The van der Waals surface area contributed by atoms with Gasteiger partial charge in [0, 0.05) is 10.6 Å². The summed E-state index contributed by atoms with van der Waals surface area (Å²) < 4.78 is 5.74. The molecule has 21 heavy (non-hydrogen) atoms. The van der Waals surface area contributed by atoms with E-state index in [4.69, 9.17) is 21.8 Å². The minimum atomic E-state index is 0.349. The largest absolute Gasteiger partial charge is 0.453 e.